The van der Waals surface area contributed by atoms with Crippen LogP contribution in [0.3, 0.4) is 0 Å². The van der Waals surface area contributed by atoms with Gasteiger partial charge in [0.1, 0.15) is 6.54 Å². The maximum absolute atomic E-state index is 14.1. The number of anilines is 1. The Morgan fingerprint density at radius 1 is 0.838 bits per heavy atom. The molecule has 3 aliphatic heterocycles. The van der Waals surface area contributed by atoms with E-state index in [0.717, 1.165) is 79.2 Å². The number of sulfonamides is 1. The molecule has 3 aromatic carbocycles. The second-order valence-electron chi connectivity index (χ2n) is 19.8. The van der Waals surface area contributed by atoms with Crippen molar-refractivity contribution in [3.63, 3.8) is 0 Å². The third-order valence-electron chi connectivity index (χ3n) is 13.8. The molecule has 29 heteroatoms. The fourth-order valence-electron chi connectivity index (χ4n) is 9.85. The number of allylic oxidation sites excluding steroid dienone is 7. The molecule has 2 N–H and O–H groups in total. The third-order valence-corrected chi connectivity index (χ3v) is 19.7. The molecule has 0 aromatic heterocycles. The van der Waals surface area contributed by atoms with Gasteiger partial charge in [-0.25, -0.2) is 31.2 Å². The van der Waals surface area contributed by atoms with E-state index >= 15 is 0 Å². The van der Waals surface area contributed by atoms with E-state index in [1.54, 1.807) is 30.3 Å². The number of carbonyl (C=O) groups is 3. The molecule has 22 nitrogen and oxygen atoms in total. The van der Waals surface area contributed by atoms with Crippen molar-refractivity contribution in [2.75, 3.05) is 43.1 Å². The SMILES string of the molecule is CN(CCCC(=O)ON1C(=O)CCC1=O)S(=O)(=O)c1ccc2c(c1)C(C)(C)/C(=C\C=C1/CCCC(/C=C/C3=[N+](CCCS(=O)(=O)[O-])c4ccc(SOO[O-])cc4C3(C)C)=C1Sc1ccc(S(=O)(=O)O)cc1)N2CCCSOOO.[K+]. The van der Waals surface area contributed by atoms with Gasteiger partial charge >= 0.3 is 57.4 Å². The summed E-state index contributed by atoms with van der Waals surface area (Å²) >= 11 is 3.03. The van der Waals surface area contributed by atoms with Crippen molar-refractivity contribution in [2.24, 2.45) is 0 Å². The van der Waals surface area contributed by atoms with Gasteiger partial charge in [-0.2, -0.15) is 17.3 Å². The molecule has 3 aromatic rings. The molecule has 80 heavy (non-hydrogen) atoms. The van der Waals surface area contributed by atoms with Crippen molar-refractivity contribution >= 4 is 101 Å². The third kappa shape index (κ3) is 16.0. The fraction of sp³-hybridized carbons (Fsp3) is 0.412. The molecular formula is C51H59KN4O18S6. The Balaban J connectivity index is 0.0000103. The molecule has 4 aliphatic rings. The smallest absolute Gasteiger partial charge is 0.748 e. The van der Waals surface area contributed by atoms with Crippen molar-refractivity contribution in [1.29, 1.82) is 0 Å². The summed E-state index contributed by atoms with van der Waals surface area (Å²) in [6, 6.07) is 16.1. The normalized spacial score (nSPS) is 18.3. The molecule has 1 fully saturated rings. The number of thioether (sulfide) groups is 1. The van der Waals surface area contributed by atoms with Crippen LogP contribution in [-0.2, 0) is 79.1 Å². The maximum atomic E-state index is 14.1. The number of benzene rings is 3. The number of hydroxylamine groups is 2. The number of imide groups is 1. The van der Waals surface area contributed by atoms with Gasteiger partial charge in [0.15, 0.2) is 5.71 Å². The van der Waals surface area contributed by atoms with Gasteiger partial charge in [-0.3, -0.25) is 19.2 Å². The predicted octanol–water partition coefficient (Wildman–Crippen LogP) is 4.34. The van der Waals surface area contributed by atoms with Crippen LogP contribution in [0, 0.1) is 0 Å². The van der Waals surface area contributed by atoms with E-state index in [2.05, 4.69) is 23.6 Å². The Bertz CT molecular complexity index is 3330. The Kier molecular flexibility index (Phi) is 23.3. The zero-order valence-electron chi connectivity index (χ0n) is 44.6. The zero-order chi connectivity index (χ0) is 57.5. The summed E-state index contributed by atoms with van der Waals surface area (Å²) in [6.45, 7) is 8.51. The number of amides is 2. The van der Waals surface area contributed by atoms with Crippen LogP contribution in [-0.4, -0.2) is 115 Å². The molecule has 0 saturated carbocycles. The Morgan fingerprint density at radius 3 is 2.19 bits per heavy atom. The van der Waals surface area contributed by atoms with Crippen LogP contribution < -0.4 is 61.5 Å². The first kappa shape index (κ1) is 66.0. The number of hydrogen-bond donors (Lipinski definition) is 2. The van der Waals surface area contributed by atoms with Crippen molar-refractivity contribution in [3.8, 4) is 0 Å². The molecule has 0 bridgehead atoms. The standard InChI is InChI=1S/C51H60N4O18S6.K/c1-50(2)40-32-37(76-73-71-60)17-21-42(40)54(29-9-31-77(61,62)63)44(50)23-13-34-10-6-11-35(49(34)75-36-15-18-38(19-16-36)79(66,67)68)14-24-45-51(3,4)41-33-39(20-22-43(41)53(45)28-8-30-74-72-70-59)78(64,65)52(5)27-7-12-48(58)69-55-46(56)25-26-47(55)57;/h13-24,32-33H,6-12,25-31H2,1-5H3,(H3-,59,60,61,62,63,66,67,68);/q;+1/p-1. The van der Waals surface area contributed by atoms with Crippen LogP contribution in [0.15, 0.2) is 126 Å². The molecule has 0 unspecified atom stereocenters. The molecule has 0 atom stereocenters. The first-order valence-corrected chi connectivity index (χ1v) is 31.7. The number of carbonyl (C=O) groups excluding carboxylic acids is 3. The largest absolute Gasteiger partial charge is 1.00 e. The fourth-order valence-corrected chi connectivity index (χ4v) is 13.9. The summed E-state index contributed by atoms with van der Waals surface area (Å²) in [7, 11) is -11.7. The van der Waals surface area contributed by atoms with E-state index in [0.29, 0.717) is 52.0 Å². The van der Waals surface area contributed by atoms with Crippen molar-refractivity contribution in [1.82, 2.24) is 9.37 Å². The average Bonchev–Trinajstić information content (AvgIpc) is 3.97. The first-order valence-electron chi connectivity index (χ1n) is 24.8. The molecule has 3 heterocycles. The molecule has 0 spiro atoms. The van der Waals surface area contributed by atoms with E-state index in [-0.39, 0.29) is 106 Å². The summed E-state index contributed by atoms with van der Waals surface area (Å²) < 4.78 is 110. The minimum atomic E-state index is -4.52. The van der Waals surface area contributed by atoms with Gasteiger partial charge in [0.2, 0.25) is 15.7 Å². The number of hydrogen-bond acceptors (Lipinski definition) is 21. The summed E-state index contributed by atoms with van der Waals surface area (Å²) in [5, 5.41) is 27.2. The maximum Gasteiger partial charge on any atom is 1.00 e. The quantitative estimate of drug-likeness (QED) is 0.0165. The van der Waals surface area contributed by atoms with Gasteiger partial charge in [0, 0.05) is 119 Å². The van der Waals surface area contributed by atoms with Crippen molar-refractivity contribution in [3.05, 3.63) is 118 Å². The molecule has 1 saturated heterocycles. The van der Waals surface area contributed by atoms with Crippen LogP contribution in [0.4, 0.5) is 11.4 Å². The summed E-state index contributed by atoms with van der Waals surface area (Å²) in [6.07, 6.45) is 10.2. The molecule has 7 rings (SSSR count). The minimum absolute atomic E-state index is 0. The second-order valence-corrected chi connectivity index (χ2v) is 27.4. The topological polar surface area (TPSA) is 299 Å². The van der Waals surface area contributed by atoms with Gasteiger partial charge in [-0.05, 0) is 123 Å². The van der Waals surface area contributed by atoms with E-state index < -0.39 is 64.6 Å². The van der Waals surface area contributed by atoms with Crippen molar-refractivity contribution in [2.45, 2.75) is 116 Å². The number of fused-ring (bicyclic) bond motifs is 2. The summed E-state index contributed by atoms with van der Waals surface area (Å²) in [4.78, 5) is 45.2. The Labute approximate surface area is 520 Å². The van der Waals surface area contributed by atoms with Gasteiger partial charge in [-0.1, -0.05) is 42.8 Å². The van der Waals surface area contributed by atoms with E-state index in [1.165, 1.54) is 37.0 Å². The average molecular weight is 1250 g/mol. The van der Waals surface area contributed by atoms with Gasteiger partial charge in [0.05, 0.1) is 37.4 Å². The van der Waals surface area contributed by atoms with Crippen LogP contribution in [0.2, 0.25) is 0 Å². The minimum Gasteiger partial charge on any atom is -0.748 e. The van der Waals surface area contributed by atoms with Gasteiger partial charge in [-0.15, -0.1) is 9.40 Å². The number of rotatable bonds is 26. The van der Waals surface area contributed by atoms with E-state index in [4.69, 9.17) is 10.1 Å². The van der Waals surface area contributed by atoms with Gasteiger partial charge in [0.25, 0.3) is 21.9 Å². The summed E-state index contributed by atoms with van der Waals surface area (Å²) in [5.41, 5.74) is 5.02. The Morgan fingerprint density at radius 2 is 1.52 bits per heavy atom. The number of nitrogens with zero attached hydrogens (tertiary/aromatic N) is 4. The predicted molar refractivity (Wildman–Crippen MR) is 290 cm³/mol. The van der Waals surface area contributed by atoms with Crippen LogP contribution >= 0.6 is 35.8 Å². The molecule has 428 valence electrons. The monoisotopic (exact) mass is 1250 g/mol. The van der Waals surface area contributed by atoms with Gasteiger partial charge < -0.3 is 19.5 Å². The van der Waals surface area contributed by atoms with Crippen LogP contribution in [0.5, 0.6) is 0 Å². The van der Waals surface area contributed by atoms with Crippen molar-refractivity contribution < 1.29 is 139 Å². The van der Waals surface area contributed by atoms with E-state index in [9.17, 15) is 54.0 Å². The summed E-state index contributed by atoms with van der Waals surface area (Å²) in [5.74, 6) is -2.26. The molecule has 0 radical (unpaired) electrons. The van der Waals surface area contributed by atoms with Crippen LogP contribution in [0.25, 0.3) is 0 Å². The molecular weight excluding hydrogens is 1190 g/mol. The first-order chi connectivity index (χ1) is 37.3. The zero-order valence-corrected chi connectivity index (χ0v) is 52.7. The molecule has 2 amide bonds. The molecule has 1 aliphatic carbocycles. The van der Waals surface area contributed by atoms with E-state index in [1.807, 2.05) is 68.7 Å². The second kappa shape index (κ2) is 28.2. The van der Waals surface area contributed by atoms with Crippen LogP contribution in [0.1, 0.15) is 96.6 Å². The Hall–Kier alpha value is -3.12.